The monoisotopic (exact) mass is 291 g/mol. The Bertz CT molecular complexity index is 566. The molecule has 0 aliphatic heterocycles. The molecule has 0 radical (unpaired) electrons. The lowest BCUT2D eigenvalue weighted by molar-refractivity contribution is 0.346. The normalized spacial score (nSPS) is 12.0. The summed E-state index contributed by atoms with van der Waals surface area (Å²) in [7, 11) is 4.87. The highest BCUT2D eigenvalue weighted by Gasteiger charge is 2.21. The highest BCUT2D eigenvalue weighted by molar-refractivity contribution is 5.53. The Kier molecular flexibility index (Phi) is 5.11. The van der Waals surface area contributed by atoms with Crippen molar-refractivity contribution < 1.29 is 18.6 Å². The molecule has 1 N–H and O–H groups in total. The zero-order valence-corrected chi connectivity index (χ0v) is 12.8. The highest BCUT2D eigenvalue weighted by Crippen LogP contribution is 2.39. The molecule has 5 nitrogen and oxygen atoms in total. The van der Waals surface area contributed by atoms with Crippen molar-refractivity contribution in [3.63, 3.8) is 0 Å². The summed E-state index contributed by atoms with van der Waals surface area (Å²) in [6.45, 7) is 2.87. The maximum atomic E-state index is 5.51. The molecule has 5 heteroatoms. The fourth-order valence-corrected chi connectivity index (χ4v) is 2.33. The van der Waals surface area contributed by atoms with Gasteiger partial charge in [-0.1, -0.05) is 6.92 Å². The number of rotatable bonds is 7. The zero-order chi connectivity index (χ0) is 15.2. The standard InChI is InChI=1S/C16H21NO4/c1-5-17-16(11-6-7-21-10-11)12-8-14(19-3)15(20-4)9-13(12)18-2/h6-10,16-17H,5H2,1-4H3. The van der Waals surface area contributed by atoms with E-state index < -0.39 is 0 Å². The van der Waals surface area contributed by atoms with E-state index in [9.17, 15) is 0 Å². The molecule has 0 aliphatic carbocycles. The molecule has 0 bridgehead atoms. The van der Waals surface area contributed by atoms with E-state index in [1.54, 1.807) is 33.9 Å². The van der Waals surface area contributed by atoms with Gasteiger partial charge in [-0.3, -0.25) is 0 Å². The Morgan fingerprint density at radius 3 is 2.24 bits per heavy atom. The second kappa shape index (κ2) is 7.04. The SMILES string of the molecule is CCNC(c1ccoc1)c1cc(OC)c(OC)cc1OC. The van der Waals surface area contributed by atoms with Gasteiger partial charge in [-0.15, -0.1) is 0 Å². The van der Waals surface area contributed by atoms with Gasteiger partial charge in [-0.05, 0) is 18.7 Å². The third kappa shape index (κ3) is 3.13. The Balaban J connectivity index is 2.53. The predicted octanol–water partition coefficient (Wildman–Crippen LogP) is 3.00. The smallest absolute Gasteiger partial charge is 0.164 e. The number of nitrogens with one attached hydrogen (secondary N) is 1. The third-order valence-corrected chi connectivity index (χ3v) is 3.33. The van der Waals surface area contributed by atoms with E-state index in [-0.39, 0.29) is 6.04 Å². The van der Waals surface area contributed by atoms with Gasteiger partial charge in [0.05, 0.1) is 39.9 Å². The third-order valence-electron chi connectivity index (χ3n) is 3.33. The molecule has 2 aromatic rings. The molecular formula is C16H21NO4. The van der Waals surface area contributed by atoms with Crippen LogP contribution < -0.4 is 19.5 Å². The van der Waals surface area contributed by atoms with Crippen LogP contribution in [0.15, 0.2) is 35.1 Å². The molecule has 0 spiro atoms. The maximum Gasteiger partial charge on any atom is 0.164 e. The molecule has 0 saturated carbocycles. The molecule has 0 amide bonds. The van der Waals surface area contributed by atoms with Crippen molar-refractivity contribution in [3.8, 4) is 17.2 Å². The number of methoxy groups -OCH3 is 3. The van der Waals surface area contributed by atoms with Crippen LogP contribution in [-0.4, -0.2) is 27.9 Å². The molecule has 1 aromatic heterocycles. The average molecular weight is 291 g/mol. The first-order valence-electron chi connectivity index (χ1n) is 6.80. The Labute approximate surface area is 124 Å². The molecule has 2 rings (SSSR count). The van der Waals surface area contributed by atoms with Crippen molar-refractivity contribution in [2.45, 2.75) is 13.0 Å². The van der Waals surface area contributed by atoms with Gasteiger partial charge in [0.15, 0.2) is 11.5 Å². The second-order valence-electron chi connectivity index (χ2n) is 4.50. The van der Waals surface area contributed by atoms with E-state index in [2.05, 4.69) is 12.2 Å². The quantitative estimate of drug-likeness (QED) is 0.850. The summed E-state index contributed by atoms with van der Waals surface area (Å²) in [4.78, 5) is 0. The second-order valence-corrected chi connectivity index (χ2v) is 4.50. The highest BCUT2D eigenvalue weighted by atomic mass is 16.5. The van der Waals surface area contributed by atoms with Gasteiger partial charge in [0, 0.05) is 17.2 Å². The number of hydrogen-bond donors (Lipinski definition) is 1. The molecule has 114 valence electrons. The van der Waals surface area contributed by atoms with E-state index >= 15 is 0 Å². The summed E-state index contributed by atoms with van der Waals surface area (Å²) in [5.74, 6) is 2.04. The van der Waals surface area contributed by atoms with E-state index in [0.717, 1.165) is 23.4 Å². The lowest BCUT2D eigenvalue weighted by atomic mass is 9.99. The van der Waals surface area contributed by atoms with Gasteiger partial charge >= 0.3 is 0 Å². The molecular weight excluding hydrogens is 270 g/mol. The van der Waals surface area contributed by atoms with Crippen LogP contribution in [0.4, 0.5) is 0 Å². The first-order chi connectivity index (χ1) is 10.2. The van der Waals surface area contributed by atoms with Crippen molar-refractivity contribution in [1.29, 1.82) is 0 Å². The summed E-state index contributed by atoms with van der Waals surface area (Å²) >= 11 is 0. The van der Waals surface area contributed by atoms with Crippen molar-refractivity contribution in [2.24, 2.45) is 0 Å². The number of hydrogen-bond acceptors (Lipinski definition) is 5. The van der Waals surface area contributed by atoms with Gasteiger partial charge in [0.2, 0.25) is 0 Å². The Hall–Kier alpha value is -2.14. The molecule has 1 aromatic carbocycles. The van der Waals surface area contributed by atoms with Crippen LogP contribution in [-0.2, 0) is 0 Å². The van der Waals surface area contributed by atoms with Crippen LogP contribution in [0.3, 0.4) is 0 Å². The first kappa shape index (κ1) is 15.3. The molecule has 0 saturated heterocycles. The summed E-state index contributed by atoms with van der Waals surface area (Å²) in [5, 5.41) is 3.43. The van der Waals surface area contributed by atoms with E-state index in [1.807, 2.05) is 18.2 Å². The van der Waals surface area contributed by atoms with Crippen LogP contribution in [0.2, 0.25) is 0 Å². The number of benzene rings is 1. The number of furan rings is 1. The van der Waals surface area contributed by atoms with Crippen molar-refractivity contribution in [2.75, 3.05) is 27.9 Å². The molecule has 1 atom stereocenters. The minimum atomic E-state index is -0.0384. The molecule has 1 unspecified atom stereocenters. The summed E-state index contributed by atoms with van der Waals surface area (Å²) < 4.78 is 21.4. The predicted molar refractivity (Wildman–Crippen MR) is 80.3 cm³/mol. The Morgan fingerprint density at radius 1 is 1.05 bits per heavy atom. The summed E-state index contributed by atoms with van der Waals surface area (Å²) in [6, 6.07) is 5.66. The largest absolute Gasteiger partial charge is 0.496 e. The van der Waals surface area contributed by atoms with Gasteiger partial charge in [-0.2, -0.15) is 0 Å². The summed E-state index contributed by atoms with van der Waals surface area (Å²) in [5.41, 5.74) is 2.00. The van der Waals surface area contributed by atoms with Gasteiger partial charge < -0.3 is 23.9 Å². The fourth-order valence-electron chi connectivity index (χ4n) is 2.33. The Morgan fingerprint density at radius 2 is 1.71 bits per heavy atom. The summed E-state index contributed by atoms with van der Waals surface area (Å²) in [6.07, 6.45) is 3.39. The van der Waals surface area contributed by atoms with E-state index in [1.165, 1.54) is 0 Å². The topological polar surface area (TPSA) is 52.9 Å². The molecule has 21 heavy (non-hydrogen) atoms. The molecule has 0 aliphatic rings. The maximum absolute atomic E-state index is 5.51. The molecule has 0 fully saturated rings. The van der Waals surface area contributed by atoms with Crippen LogP contribution in [0, 0.1) is 0 Å². The van der Waals surface area contributed by atoms with Crippen LogP contribution in [0.1, 0.15) is 24.1 Å². The molecule has 1 heterocycles. The minimum absolute atomic E-state index is 0.0384. The van der Waals surface area contributed by atoms with Crippen molar-refractivity contribution >= 4 is 0 Å². The van der Waals surface area contributed by atoms with Crippen LogP contribution >= 0.6 is 0 Å². The first-order valence-corrected chi connectivity index (χ1v) is 6.80. The fraction of sp³-hybridized carbons (Fsp3) is 0.375. The average Bonchev–Trinajstić information content (AvgIpc) is 3.05. The van der Waals surface area contributed by atoms with E-state index in [4.69, 9.17) is 18.6 Å². The van der Waals surface area contributed by atoms with Crippen LogP contribution in [0.25, 0.3) is 0 Å². The minimum Gasteiger partial charge on any atom is -0.496 e. The number of ether oxygens (including phenoxy) is 3. The van der Waals surface area contributed by atoms with Gasteiger partial charge in [0.1, 0.15) is 5.75 Å². The zero-order valence-electron chi connectivity index (χ0n) is 12.8. The van der Waals surface area contributed by atoms with Crippen molar-refractivity contribution in [1.82, 2.24) is 5.32 Å². The van der Waals surface area contributed by atoms with E-state index in [0.29, 0.717) is 11.5 Å². The van der Waals surface area contributed by atoms with Gasteiger partial charge in [-0.25, -0.2) is 0 Å². The lowest BCUT2D eigenvalue weighted by Gasteiger charge is -2.21. The van der Waals surface area contributed by atoms with Crippen LogP contribution in [0.5, 0.6) is 17.2 Å². The lowest BCUT2D eigenvalue weighted by Crippen LogP contribution is -2.22. The van der Waals surface area contributed by atoms with Crippen molar-refractivity contribution in [3.05, 3.63) is 41.9 Å². The van der Waals surface area contributed by atoms with Gasteiger partial charge in [0.25, 0.3) is 0 Å².